The molecule has 2 heterocycles. The van der Waals surface area contributed by atoms with Crippen molar-refractivity contribution in [1.82, 2.24) is 0 Å². The SMILES string of the molecule is C[C@]12C[C@H](c3ccc(OC4CCCCO4)cc3)C3=C4CCC5(CC4(O)CC[C@H]3[C@@H]1CC[C@@]2(O)C#Cc1ccccc1)OCCO5. The van der Waals surface area contributed by atoms with Crippen molar-refractivity contribution < 1.29 is 29.2 Å². The minimum absolute atomic E-state index is 0.0701. The molecule has 2 aromatic carbocycles. The Morgan fingerprint density at radius 1 is 0.867 bits per heavy atom. The third kappa shape index (κ3) is 5.07. The quantitative estimate of drug-likeness (QED) is 0.300. The van der Waals surface area contributed by atoms with Crippen LogP contribution < -0.4 is 4.74 Å². The molecule has 2 N–H and O–H groups in total. The van der Waals surface area contributed by atoms with Crippen LogP contribution in [0.3, 0.4) is 0 Å². The fourth-order valence-electron chi connectivity index (χ4n) is 9.95. The second kappa shape index (κ2) is 11.2. The van der Waals surface area contributed by atoms with E-state index in [1.54, 1.807) is 0 Å². The van der Waals surface area contributed by atoms with Crippen molar-refractivity contribution in [3.63, 3.8) is 0 Å². The average Bonchev–Trinajstić information content (AvgIpc) is 3.61. The fourth-order valence-corrected chi connectivity index (χ4v) is 9.95. The Balaban J connectivity index is 1.18. The summed E-state index contributed by atoms with van der Waals surface area (Å²) in [6.45, 7) is 4.22. The second-order valence-electron chi connectivity index (χ2n) is 14.7. The lowest BCUT2D eigenvalue weighted by Gasteiger charge is -2.57. The van der Waals surface area contributed by atoms with Crippen LogP contribution in [0.15, 0.2) is 65.7 Å². The number of hydrogen-bond acceptors (Lipinski definition) is 6. The van der Waals surface area contributed by atoms with Gasteiger partial charge in [-0.25, -0.2) is 0 Å². The molecule has 45 heavy (non-hydrogen) atoms. The van der Waals surface area contributed by atoms with Crippen molar-refractivity contribution in [2.75, 3.05) is 19.8 Å². The number of hydrogen-bond donors (Lipinski definition) is 2. The summed E-state index contributed by atoms with van der Waals surface area (Å²) in [5.41, 5.74) is 2.36. The largest absolute Gasteiger partial charge is 0.465 e. The van der Waals surface area contributed by atoms with Crippen LogP contribution in [-0.4, -0.2) is 53.3 Å². The number of aliphatic hydroxyl groups is 2. The van der Waals surface area contributed by atoms with Gasteiger partial charge >= 0.3 is 0 Å². The number of allylic oxidation sites excluding steroid dienone is 1. The summed E-state index contributed by atoms with van der Waals surface area (Å²) in [5.74, 6) is 7.56. The minimum atomic E-state index is -1.08. The molecule has 2 unspecified atom stereocenters. The van der Waals surface area contributed by atoms with E-state index >= 15 is 0 Å². The van der Waals surface area contributed by atoms with E-state index in [1.807, 2.05) is 30.3 Å². The lowest BCUT2D eigenvalue weighted by molar-refractivity contribution is -0.208. The molecule has 6 heteroatoms. The normalized spacial score (nSPS) is 38.6. The van der Waals surface area contributed by atoms with Gasteiger partial charge in [0.15, 0.2) is 12.1 Å². The Labute approximate surface area is 267 Å². The minimum Gasteiger partial charge on any atom is -0.465 e. The standard InChI is InChI=1S/C39H46O6/c1-36-25-31(28-10-12-29(13-11-28)45-34-9-5-6-22-42-34)35-30(15-18-37(40)26-39(21-17-33(35)37)43-23-24-44-39)32(36)16-20-38(36,41)19-14-27-7-3-2-4-8-27/h2-4,7-8,10-13,30-32,34,40-41H,5-6,9,15-18,20-26H2,1H3/t30-,31+,32-,34?,36-,37?,38-/m0/s1. The maximum absolute atomic E-state index is 12.4. The highest BCUT2D eigenvalue weighted by Gasteiger charge is 2.64. The van der Waals surface area contributed by atoms with Crippen molar-refractivity contribution in [3.05, 3.63) is 76.9 Å². The van der Waals surface area contributed by atoms with Crippen LogP contribution >= 0.6 is 0 Å². The van der Waals surface area contributed by atoms with E-state index in [9.17, 15) is 10.2 Å². The zero-order valence-corrected chi connectivity index (χ0v) is 26.4. The summed E-state index contributed by atoms with van der Waals surface area (Å²) < 4.78 is 24.3. The summed E-state index contributed by atoms with van der Waals surface area (Å²) >= 11 is 0. The zero-order valence-electron chi connectivity index (χ0n) is 26.4. The fraction of sp³-hybridized carbons (Fsp3) is 0.590. The Bertz CT molecular complexity index is 1490. The van der Waals surface area contributed by atoms with Gasteiger partial charge in [-0.3, -0.25) is 0 Å². The molecular weight excluding hydrogens is 564 g/mol. The van der Waals surface area contributed by atoms with E-state index in [2.05, 4.69) is 43.0 Å². The predicted octanol–water partition coefficient (Wildman–Crippen LogP) is 6.64. The molecule has 5 fully saturated rings. The maximum Gasteiger partial charge on any atom is 0.199 e. The molecule has 3 saturated carbocycles. The molecule has 1 spiro atoms. The highest BCUT2D eigenvalue weighted by Crippen LogP contribution is 2.68. The van der Waals surface area contributed by atoms with Crippen LogP contribution in [0.25, 0.3) is 0 Å². The molecule has 4 aliphatic carbocycles. The van der Waals surface area contributed by atoms with E-state index in [4.69, 9.17) is 18.9 Å². The molecule has 6 nitrogen and oxygen atoms in total. The lowest BCUT2D eigenvalue weighted by atomic mass is 9.49. The highest BCUT2D eigenvalue weighted by molar-refractivity contribution is 5.46. The van der Waals surface area contributed by atoms with Crippen LogP contribution in [0.5, 0.6) is 5.75 Å². The van der Waals surface area contributed by atoms with Gasteiger partial charge in [-0.1, -0.05) is 54.7 Å². The Kier molecular flexibility index (Phi) is 7.43. The number of rotatable bonds is 3. The Morgan fingerprint density at radius 3 is 2.42 bits per heavy atom. The summed E-state index contributed by atoms with van der Waals surface area (Å²) in [6, 6.07) is 18.5. The van der Waals surface area contributed by atoms with Crippen molar-refractivity contribution in [2.24, 2.45) is 17.3 Å². The van der Waals surface area contributed by atoms with Gasteiger partial charge in [-0.2, -0.15) is 0 Å². The molecule has 0 aromatic heterocycles. The molecular formula is C39H46O6. The van der Waals surface area contributed by atoms with Gasteiger partial charge in [-0.05, 0) is 98.6 Å². The first kappa shape index (κ1) is 29.7. The summed E-state index contributed by atoms with van der Waals surface area (Å²) in [5, 5.41) is 24.7. The van der Waals surface area contributed by atoms with Gasteiger partial charge in [-0.15, -0.1) is 0 Å². The summed E-state index contributed by atoms with van der Waals surface area (Å²) in [6.07, 6.45) is 8.98. The van der Waals surface area contributed by atoms with Crippen molar-refractivity contribution in [3.8, 4) is 17.6 Å². The van der Waals surface area contributed by atoms with Crippen molar-refractivity contribution >= 4 is 0 Å². The lowest BCUT2D eigenvalue weighted by Crippen LogP contribution is -2.55. The first-order valence-corrected chi connectivity index (χ1v) is 17.2. The molecule has 0 amide bonds. The van der Waals surface area contributed by atoms with Gasteiger partial charge in [0, 0.05) is 36.2 Å². The molecule has 7 atom stereocenters. The first-order chi connectivity index (χ1) is 21.8. The molecule has 0 radical (unpaired) electrons. The molecule has 0 bridgehead atoms. The summed E-state index contributed by atoms with van der Waals surface area (Å²) in [7, 11) is 0. The number of ether oxygens (including phenoxy) is 4. The van der Waals surface area contributed by atoms with E-state index in [0.29, 0.717) is 44.3 Å². The molecule has 238 valence electrons. The van der Waals surface area contributed by atoms with Gasteiger partial charge < -0.3 is 29.2 Å². The van der Waals surface area contributed by atoms with Crippen LogP contribution in [0.1, 0.15) is 94.6 Å². The summed E-state index contributed by atoms with van der Waals surface area (Å²) in [4.78, 5) is 0. The third-order valence-corrected chi connectivity index (χ3v) is 12.3. The number of fused-ring (bicyclic) bond motifs is 4. The maximum atomic E-state index is 12.4. The number of benzene rings is 2. The van der Waals surface area contributed by atoms with Gasteiger partial charge in [0.25, 0.3) is 0 Å². The topological polar surface area (TPSA) is 77.4 Å². The van der Waals surface area contributed by atoms with Crippen LogP contribution in [0.2, 0.25) is 0 Å². The van der Waals surface area contributed by atoms with E-state index in [-0.39, 0.29) is 17.6 Å². The molecule has 2 saturated heterocycles. The molecule has 2 aliphatic heterocycles. The monoisotopic (exact) mass is 610 g/mol. The predicted molar refractivity (Wildman–Crippen MR) is 170 cm³/mol. The molecule has 2 aromatic rings. The van der Waals surface area contributed by atoms with E-state index < -0.39 is 17.0 Å². The Morgan fingerprint density at radius 2 is 1.67 bits per heavy atom. The van der Waals surface area contributed by atoms with Gasteiger partial charge in [0.2, 0.25) is 0 Å². The van der Waals surface area contributed by atoms with Crippen LogP contribution in [-0.2, 0) is 14.2 Å². The highest BCUT2D eigenvalue weighted by atomic mass is 16.7. The molecule has 8 rings (SSSR count). The van der Waals surface area contributed by atoms with Gasteiger partial charge in [0.1, 0.15) is 11.4 Å². The van der Waals surface area contributed by atoms with Crippen molar-refractivity contribution in [1.29, 1.82) is 0 Å². The van der Waals surface area contributed by atoms with Crippen LogP contribution in [0.4, 0.5) is 0 Å². The van der Waals surface area contributed by atoms with E-state index in [1.165, 1.54) is 16.7 Å². The third-order valence-electron chi connectivity index (χ3n) is 12.3. The Hall–Kier alpha value is -2.66. The van der Waals surface area contributed by atoms with Gasteiger partial charge in [0.05, 0.1) is 25.4 Å². The first-order valence-electron chi connectivity index (χ1n) is 17.2. The average molecular weight is 611 g/mol. The molecule has 6 aliphatic rings. The van der Waals surface area contributed by atoms with Crippen LogP contribution in [0, 0.1) is 29.1 Å². The zero-order chi connectivity index (χ0) is 30.7. The second-order valence-corrected chi connectivity index (χ2v) is 14.7. The smallest absolute Gasteiger partial charge is 0.199 e. The van der Waals surface area contributed by atoms with Crippen molar-refractivity contribution in [2.45, 2.75) is 107 Å². The van der Waals surface area contributed by atoms with E-state index in [0.717, 1.165) is 69.3 Å².